The number of carbonyl (C=O) groups excluding carboxylic acids is 1. The van der Waals surface area contributed by atoms with Gasteiger partial charge in [0.1, 0.15) is 6.17 Å². The number of rotatable bonds is 14. The summed E-state index contributed by atoms with van der Waals surface area (Å²) in [7, 11) is 0. The van der Waals surface area contributed by atoms with Gasteiger partial charge in [-0.05, 0) is 85.7 Å². The predicted octanol–water partition coefficient (Wildman–Crippen LogP) is 11.1. The number of carboxylic acid groups (broad SMARTS) is 1. The number of halogens is 7. The van der Waals surface area contributed by atoms with Crippen molar-refractivity contribution in [1.29, 1.82) is 0 Å². The molecule has 16 heteroatoms. The highest BCUT2D eigenvalue weighted by atomic mass is 19.4. The average Bonchev–Trinajstić information content (AvgIpc) is 3.50. The van der Waals surface area contributed by atoms with E-state index in [1.54, 1.807) is 49.6 Å². The van der Waals surface area contributed by atoms with Crippen LogP contribution in [0.5, 0.6) is 0 Å². The molecule has 1 aliphatic rings. The molecule has 2 aromatic carbocycles. The Morgan fingerprint density at radius 3 is 1.53 bits per heavy atom. The molecule has 4 heterocycles. The number of carbonyl (C=O) groups is 2. The van der Waals surface area contributed by atoms with Crippen LogP contribution in [-0.4, -0.2) is 67.2 Å². The summed E-state index contributed by atoms with van der Waals surface area (Å²) in [5.74, 6) is -1.20. The van der Waals surface area contributed by atoms with Crippen molar-refractivity contribution >= 4 is 34.4 Å². The van der Waals surface area contributed by atoms with Crippen LogP contribution in [-0.2, 0) is 12.8 Å². The lowest BCUT2D eigenvalue weighted by Crippen LogP contribution is -2.15. The normalized spacial score (nSPS) is 15.2. The van der Waals surface area contributed by atoms with Crippen LogP contribution in [0.2, 0.25) is 0 Å². The van der Waals surface area contributed by atoms with Crippen molar-refractivity contribution in [3.05, 3.63) is 107 Å². The number of pyridine rings is 2. The standard InChI is InChI=1S/C24H25F4N3O.C20H20F3N3O2/c1-3-15-9-20(29-7-6-24(26,27)28)23-30-12-21(31(23)13-15)16-4-5-18(14(2)8-16)22(32)11-17-10-19(17)25;1-3-13-9-16(24-7-6-20(21,22)23)18-25-10-17(26(18)11-13)14-4-5-15(19(27)28)12(2)8-14/h4-5,8-9,12-13,17,19,29H,3,6-7,10-11H2,1-2H3;4-5,8-11,24H,3,6-7H2,1-2H3,(H,27,28)/t17-,19+;/m1./s1. The summed E-state index contributed by atoms with van der Waals surface area (Å²) in [6.45, 7) is 7.04. The fourth-order valence-corrected chi connectivity index (χ4v) is 7.01. The van der Waals surface area contributed by atoms with Gasteiger partial charge in [-0.3, -0.25) is 13.6 Å². The Morgan fingerprint density at radius 1 is 0.733 bits per heavy atom. The van der Waals surface area contributed by atoms with E-state index < -0.39 is 37.3 Å². The fraction of sp³-hybridized carbons (Fsp3) is 0.364. The van der Waals surface area contributed by atoms with Gasteiger partial charge < -0.3 is 15.7 Å². The van der Waals surface area contributed by atoms with Gasteiger partial charge in [0.15, 0.2) is 17.1 Å². The van der Waals surface area contributed by atoms with E-state index in [0.717, 1.165) is 39.2 Å². The SMILES string of the molecule is CCc1cc(NCCC(F)(F)F)c2ncc(-c3ccc(C(=O)C[C@H]4C[C@@H]4F)c(C)c3)n2c1.CCc1cc(NCCC(F)(F)F)c2ncc(-c3ccc(C(=O)O)c(C)c3)n2c1. The number of fused-ring (bicyclic) bond motifs is 2. The Kier molecular flexibility index (Phi) is 12.9. The van der Waals surface area contributed by atoms with Crippen LogP contribution in [0.15, 0.2) is 73.3 Å². The Hall–Kier alpha value is -5.93. The molecule has 9 nitrogen and oxygen atoms in total. The number of nitrogens with zero attached hydrogens (tertiary/aromatic N) is 4. The number of Topliss-reactive ketones (excluding diaryl/α,β-unsaturated/α-hetero) is 1. The monoisotopic (exact) mass is 838 g/mol. The molecule has 0 bridgehead atoms. The molecule has 0 amide bonds. The number of carboxylic acids is 1. The zero-order valence-electron chi connectivity index (χ0n) is 33.4. The number of hydrogen-bond donors (Lipinski definition) is 3. The van der Waals surface area contributed by atoms with Crippen molar-refractivity contribution < 1.29 is 45.4 Å². The van der Waals surface area contributed by atoms with Crippen LogP contribution < -0.4 is 10.6 Å². The molecule has 1 saturated carbocycles. The molecule has 3 N–H and O–H groups in total. The van der Waals surface area contributed by atoms with E-state index in [1.165, 1.54) is 0 Å². The van der Waals surface area contributed by atoms with Crippen LogP contribution in [0, 0.1) is 19.8 Å². The van der Waals surface area contributed by atoms with Crippen molar-refractivity contribution in [3.63, 3.8) is 0 Å². The van der Waals surface area contributed by atoms with Gasteiger partial charge in [0.2, 0.25) is 0 Å². The maximum absolute atomic E-state index is 13.2. The summed E-state index contributed by atoms with van der Waals surface area (Å²) in [6.07, 6.45) is -1.93. The first kappa shape index (κ1) is 43.6. The molecule has 0 aliphatic heterocycles. The lowest BCUT2D eigenvalue weighted by atomic mass is 9.98. The molecule has 1 aliphatic carbocycles. The minimum Gasteiger partial charge on any atom is -0.478 e. The Balaban J connectivity index is 0.000000203. The molecule has 0 spiro atoms. The molecule has 0 radical (unpaired) electrons. The number of ketones is 1. The minimum absolute atomic E-state index is 0.0539. The molecule has 7 rings (SSSR count). The molecule has 60 heavy (non-hydrogen) atoms. The molecule has 318 valence electrons. The zero-order chi connectivity index (χ0) is 43.5. The zero-order valence-corrected chi connectivity index (χ0v) is 33.4. The number of imidazole rings is 2. The molecular formula is C44H45F7N6O3. The third-order valence-electron chi connectivity index (χ3n) is 10.4. The van der Waals surface area contributed by atoms with Gasteiger partial charge in [0, 0.05) is 54.5 Å². The Morgan fingerprint density at radius 2 is 1.17 bits per heavy atom. The van der Waals surface area contributed by atoms with Gasteiger partial charge in [0.25, 0.3) is 0 Å². The first-order chi connectivity index (χ1) is 28.3. The van der Waals surface area contributed by atoms with E-state index in [2.05, 4.69) is 20.6 Å². The summed E-state index contributed by atoms with van der Waals surface area (Å²) >= 11 is 0. The van der Waals surface area contributed by atoms with Crippen LogP contribution in [0.3, 0.4) is 0 Å². The Labute approximate surface area is 341 Å². The second-order valence-electron chi connectivity index (χ2n) is 15.0. The topological polar surface area (TPSA) is 113 Å². The maximum Gasteiger partial charge on any atom is 0.390 e. The van der Waals surface area contributed by atoms with Crippen LogP contribution in [0.25, 0.3) is 33.8 Å². The van der Waals surface area contributed by atoms with Gasteiger partial charge in [-0.25, -0.2) is 19.2 Å². The highest BCUT2D eigenvalue weighted by molar-refractivity contribution is 5.98. The van der Waals surface area contributed by atoms with E-state index in [4.69, 9.17) is 0 Å². The quantitative estimate of drug-likeness (QED) is 0.0739. The highest BCUT2D eigenvalue weighted by Crippen LogP contribution is 2.38. The molecule has 0 saturated heterocycles. The molecule has 0 unspecified atom stereocenters. The largest absolute Gasteiger partial charge is 0.478 e. The van der Waals surface area contributed by atoms with Crippen molar-refractivity contribution in [2.45, 2.75) is 84.7 Å². The van der Waals surface area contributed by atoms with Gasteiger partial charge in [-0.1, -0.05) is 32.0 Å². The summed E-state index contributed by atoms with van der Waals surface area (Å²) in [5.41, 5.74) is 9.43. The number of benzene rings is 2. The van der Waals surface area contributed by atoms with E-state index in [-0.39, 0.29) is 36.8 Å². The molecule has 1 fully saturated rings. The first-order valence-corrected chi connectivity index (χ1v) is 19.6. The smallest absolute Gasteiger partial charge is 0.390 e. The molecule has 6 aromatic rings. The molecule has 4 aromatic heterocycles. The van der Waals surface area contributed by atoms with Crippen molar-refractivity contribution in [1.82, 2.24) is 18.8 Å². The Bertz CT molecular complexity index is 2520. The van der Waals surface area contributed by atoms with Gasteiger partial charge in [-0.15, -0.1) is 0 Å². The lowest BCUT2D eigenvalue weighted by Gasteiger charge is -2.13. The van der Waals surface area contributed by atoms with Crippen LogP contribution in [0.4, 0.5) is 42.1 Å². The number of anilines is 2. The van der Waals surface area contributed by atoms with Crippen LogP contribution >= 0.6 is 0 Å². The second kappa shape index (κ2) is 17.7. The minimum atomic E-state index is -4.23. The number of aromatic carboxylic acids is 1. The summed E-state index contributed by atoms with van der Waals surface area (Å²) in [4.78, 5) is 32.5. The van der Waals surface area contributed by atoms with Gasteiger partial charge in [0.05, 0.1) is 53.6 Å². The predicted molar refractivity (Wildman–Crippen MR) is 217 cm³/mol. The van der Waals surface area contributed by atoms with Gasteiger partial charge >= 0.3 is 18.3 Å². The van der Waals surface area contributed by atoms with Gasteiger partial charge in [-0.2, -0.15) is 26.3 Å². The first-order valence-electron chi connectivity index (χ1n) is 19.6. The van der Waals surface area contributed by atoms with Crippen molar-refractivity contribution in [2.24, 2.45) is 5.92 Å². The van der Waals surface area contributed by atoms with Crippen molar-refractivity contribution in [2.75, 3.05) is 23.7 Å². The lowest BCUT2D eigenvalue weighted by molar-refractivity contribution is -0.132. The third-order valence-corrected chi connectivity index (χ3v) is 10.4. The third kappa shape index (κ3) is 10.4. The second-order valence-corrected chi connectivity index (χ2v) is 15.0. The number of aromatic nitrogens is 4. The van der Waals surface area contributed by atoms with E-state index in [9.17, 15) is 45.4 Å². The van der Waals surface area contributed by atoms with Crippen molar-refractivity contribution in [3.8, 4) is 22.5 Å². The summed E-state index contributed by atoms with van der Waals surface area (Å²) in [5, 5.41) is 14.9. The summed E-state index contributed by atoms with van der Waals surface area (Å²) < 4.78 is 91.9. The maximum atomic E-state index is 13.2. The summed E-state index contributed by atoms with van der Waals surface area (Å²) in [6, 6.07) is 14.1. The number of hydrogen-bond acceptors (Lipinski definition) is 6. The van der Waals surface area contributed by atoms with Crippen LogP contribution in [0.1, 0.15) is 82.5 Å². The average molecular weight is 839 g/mol. The van der Waals surface area contributed by atoms with E-state index >= 15 is 0 Å². The number of alkyl halides is 7. The highest BCUT2D eigenvalue weighted by Gasteiger charge is 2.39. The fourth-order valence-electron chi connectivity index (χ4n) is 7.01. The number of aryl methyl sites for hydroxylation is 4. The van der Waals surface area contributed by atoms with E-state index in [1.807, 2.05) is 60.2 Å². The molecular weight excluding hydrogens is 794 g/mol. The van der Waals surface area contributed by atoms with E-state index in [0.29, 0.717) is 53.1 Å². The molecule has 2 atom stereocenters. The number of nitrogens with one attached hydrogen (secondary N) is 2.